The van der Waals surface area contributed by atoms with E-state index in [9.17, 15) is 19.2 Å². The van der Waals surface area contributed by atoms with Crippen molar-refractivity contribution in [1.82, 2.24) is 10.6 Å². The zero-order valence-corrected chi connectivity index (χ0v) is 21.1. The second kappa shape index (κ2) is 11.3. The van der Waals surface area contributed by atoms with Gasteiger partial charge in [0.2, 0.25) is 0 Å². The van der Waals surface area contributed by atoms with Crippen molar-refractivity contribution in [2.45, 2.75) is 76.2 Å². The minimum Gasteiger partial charge on any atom is -0.468 e. The molecule has 37 heavy (non-hydrogen) atoms. The summed E-state index contributed by atoms with van der Waals surface area (Å²) >= 11 is 0. The lowest BCUT2D eigenvalue weighted by atomic mass is 9.82. The van der Waals surface area contributed by atoms with Crippen LogP contribution in [0.2, 0.25) is 0 Å². The zero-order valence-electron chi connectivity index (χ0n) is 21.1. The van der Waals surface area contributed by atoms with Gasteiger partial charge in [0.15, 0.2) is 17.8 Å². The number of hydrogen-bond acceptors (Lipinski definition) is 11. The van der Waals surface area contributed by atoms with Crippen LogP contribution in [0.25, 0.3) is 0 Å². The topological polar surface area (TPSA) is 146 Å². The van der Waals surface area contributed by atoms with E-state index in [1.807, 2.05) is 30.3 Å². The number of rotatable bonds is 10. The van der Waals surface area contributed by atoms with E-state index in [1.54, 1.807) is 6.92 Å². The molecule has 11 nitrogen and oxygen atoms in total. The first-order valence-corrected chi connectivity index (χ1v) is 12.4. The summed E-state index contributed by atoms with van der Waals surface area (Å²) in [5.74, 6) is -1.93. The largest absolute Gasteiger partial charge is 0.521 e. The first-order chi connectivity index (χ1) is 17.7. The van der Waals surface area contributed by atoms with Crippen molar-refractivity contribution in [3.8, 4) is 5.95 Å². The Morgan fingerprint density at radius 3 is 2.65 bits per heavy atom. The number of carbonyl (C=O) groups excluding carboxylic acids is 3. The molecule has 0 amide bonds. The van der Waals surface area contributed by atoms with Crippen LogP contribution in [0.1, 0.15) is 50.4 Å². The van der Waals surface area contributed by atoms with E-state index < -0.39 is 41.8 Å². The predicted octanol–water partition coefficient (Wildman–Crippen LogP) is 2.64. The molecule has 1 aromatic heterocycles. The van der Waals surface area contributed by atoms with E-state index in [0.29, 0.717) is 25.7 Å². The van der Waals surface area contributed by atoms with Gasteiger partial charge in [0.25, 0.3) is 0 Å². The van der Waals surface area contributed by atoms with Crippen molar-refractivity contribution in [3.63, 3.8) is 0 Å². The summed E-state index contributed by atoms with van der Waals surface area (Å²) in [6.45, 7) is 3.15. The van der Waals surface area contributed by atoms with Gasteiger partial charge >= 0.3 is 23.9 Å². The highest BCUT2D eigenvalue weighted by atomic mass is 16.8. The van der Waals surface area contributed by atoms with Crippen molar-refractivity contribution in [2.24, 2.45) is 5.92 Å². The number of methoxy groups -OCH3 is 1. The number of benzene rings is 1. The molecule has 11 heteroatoms. The van der Waals surface area contributed by atoms with Gasteiger partial charge in [-0.2, -0.15) is 0 Å². The maximum atomic E-state index is 13.7. The van der Waals surface area contributed by atoms with Gasteiger partial charge in [0, 0.05) is 13.3 Å². The number of ether oxygens (including phenoxy) is 3. The van der Waals surface area contributed by atoms with Gasteiger partial charge in [-0.05, 0) is 44.1 Å². The Hall–Kier alpha value is -3.44. The highest BCUT2D eigenvalue weighted by Gasteiger charge is 2.56. The monoisotopic (exact) mass is 516 g/mol. The summed E-state index contributed by atoms with van der Waals surface area (Å²) in [6.07, 6.45) is 1.93. The molecule has 1 aliphatic carbocycles. The molecule has 2 N–H and O–H groups in total. The Labute approximate surface area is 213 Å². The SMILES string of the molecule is COC(=O)[C@H](CCc1ccccc1)N[C@@H](C)C(=O)[C@]12CCC[C@H]1C[C@H](OC(=O)Oc1oc(=O)oc1C)N2. The maximum absolute atomic E-state index is 13.7. The number of carbonyl (C=O) groups is 3. The van der Waals surface area contributed by atoms with E-state index in [4.69, 9.17) is 14.2 Å². The minimum atomic E-state index is -1.08. The molecular weight excluding hydrogens is 484 g/mol. The molecule has 4 rings (SSSR count). The lowest BCUT2D eigenvalue weighted by molar-refractivity contribution is -0.143. The lowest BCUT2D eigenvalue weighted by Gasteiger charge is -2.32. The summed E-state index contributed by atoms with van der Waals surface area (Å²) in [7, 11) is 1.33. The van der Waals surface area contributed by atoms with Crippen molar-refractivity contribution in [2.75, 3.05) is 7.11 Å². The van der Waals surface area contributed by atoms with Crippen LogP contribution < -0.4 is 21.2 Å². The average molecular weight is 517 g/mol. The maximum Gasteiger partial charge on any atom is 0.521 e. The number of ketones is 1. The highest BCUT2D eigenvalue weighted by Crippen LogP contribution is 2.45. The van der Waals surface area contributed by atoms with E-state index in [2.05, 4.69) is 19.5 Å². The third-order valence-corrected chi connectivity index (χ3v) is 7.19. The number of esters is 1. The number of hydrogen-bond donors (Lipinski definition) is 2. The lowest BCUT2D eigenvalue weighted by Crippen LogP contribution is -2.59. The fraction of sp³-hybridized carbons (Fsp3) is 0.538. The van der Waals surface area contributed by atoms with Crippen LogP contribution in [-0.2, 0) is 25.5 Å². The van der Waals surface area contributed by atoms with Crippen LogP contribution in [0.4, 0.5) is 4.79 Å². The quantitative estimate of drug-likeness (QED) is 0.449. The van der Waals surface area contributed by atoms with Crippen molar-refractivity contribution < 1.29 is 37.4 Å². The summed E-state index contributed by atoms with van der Waals surface area (Å²) in [4.78, 5) is 49.6. The predicted molar refractivity (Wildman–Crippen MR) is 129 cm³/mol. The Balaban J connectivity index is 1.38. The van der Waals surface area contributed by atoms with Gasteiger partial charge < -0.3 is 23.0 Å². The minimum absolute atomic E-state index is 0.0113. The fourth-order valence-electron chi connectivity index (χ4n) is 5.44. The van der Waals surface area contributed by atoms with Crippen molar-refractivity contribution in [3.05, 3.63) is 52.3 Å². The Morgan fingerprint density at radius 1 is 1.22 bits per heavy atom. The number of fused-ring (bicyclic) bond motifs is 1. The van der Waals surface area contributed by atoms with Crippen molar-refractivity contribution >= 4 is 17.9 Å². The summed E-state index contributed by atoms with van der Waals surface area (Å²) < 4.78 is 24.6. The molecule has 200 valence electrons. The molecule has 1 aliphatic heterocycles. The Morgan fingerprint density at radius 2 is 1.97 bits per heavy atom. The fourth-order valence-corrected chi connectivity index (χ4v) is 5.44. The Bertz CT molecular complexity index is 1170. The third-order valence-electron chi connectivity index (χ3n) is 7.19. The first kappa shape index (κ1) is 26.6. The molecule has 5 atom stereocenters. The van der Waals surface area contributed by atoms with Gasteiger partial charge in [0.1, 0.15) is 6.04 Å². The van der Waals surface area contributed by atoms with Gasteiger partial charge in [-0.1, -0.05) is 36.8 Å². The normalized spacial score (nSPS) is 24.2. The highest BCUT2D eigenvalue weighted by molar-refractivity contribution is 5.94. The smallest absolute Gasteiger partial charge is 0.468 e. The second-order valence-electron chi connectivity index (χ2n) is 9.55. The van der Waals surface area contributed by atoms with Gasteiger partial charge in [0.05, 0.1) is 18.7 Å². The van der Waals surface area contributed by atoms with E-state index >= 15 is 0 Å². The number of Topliss-reactive ketones (excluding diaryl/α,β-unsaturated/α-hetero) is 1. The molecule has 1 aromatic carbocycles. The molecule has 0 unspecified atom stereocenters. The molecule has 2 fully saturated rings. The van der Waals surface area contributed by atoms with Crippen LogP contribution in [-0.4, -0.2) is 48.9 Å². The van der Waals surface area contributed by atoms with Gasteiger partial charge in [-0.3, -0.25) is 20.2 Å². The van der Waals surface area contributed by atoms with Crippen LogP contribution in [0.15, 0.2) is 44.0 Å². The molecule has 2 heterocycles. The molecule has 1 saturated carbocycles. The molecule has 0 radical (unpaired) electrons. The van der Waals surface area contributed by atoms with Crippen LogP contribution in [0.5, 0.6) is 5.95 Å². The van der Waals surface area contributed by atoms with E-state index in [-0.39, 0.29) is 23.4 Å². The second-order valence-corrected chi connectivity index (χ2v) is 9.55. The van der Waals surface area contributed by atoms with Crippen LogP contribution >= 0.6 is 0 Å². The molecule has 0 spiro atoms. The Kier molecular flexibility index (Phi) is 8.13. The summed E-state index contributed by atoms with van der Waals surface area (Å²) in [6, 6.07) is 8.47. The molecule has 2 aliphatic rings. The summed E-state index contributed by atoms with van der Waals surface area (Å²) in [5, 5.41) is 6.38. The molecule has 2 aromatic rings. The number of aryl methyl sites for hydroxylation is 2. The number of nitrogens with one attached hydrogen (secondary N) is 2. The zero-order chi connectivity index (χ0) is 26.6. The average Bonchev–Trinajstić information content (AvgIpc) is 3.53. The van der Waals surface area contributed by atoms with E-state index in [0.717, 1.165) is 18.4 Å². The van der Waals surface area contributed by atoms with Crippen molar-refractivity contribution in [1.29, 1.82) is 0 Å². The standard InChI is InChI=1S/C26H32N2O9/c1-15(27-19(22(30)33-3)12-11-17-8-5-4-6-9-17)21(29)26-13-7-10-18(26)14-20(28-26)35-25(32)37-23-16(2)34-24(31)36-23/h4-6,8-9,15,18-20,27-28H,7,10-14H2,1-3H3/t15-,18-,19-,20-,26-/m0/s1. The van der Waals surface area contributed by atoms with Crippen LogP contribution in [0, 0.1) is 12.8 Å². The van der Waals surface area contributed by atoms with Gasteiger partial charge in [-0.15, -0.1) is 0 Å². The van der Waals surface area contributed by atoms with E-state index in [1.165, 1.54) is 14.0 Å². The third kappa shape index (κ3) is 5.94. The molecule has 0 bridgehead atoms. The first-order valence-electron chi connectivity index (χ1n) is 12.4. The molecule has 1 saturated heterocycles. The van der Waals surface area contributed by atoms with Gasteiger partial charge in [-0.25, -0.2) is 9.59 Å². The molecular formula is C26H32N2O9. The van der Waals surface area contributed by atoms with Crippen LogP contribution in [0.3, 0.4) is 0 Å². The summed E-state index contributed by atoms with van der Waals surface area (Å²) in [5.41, 5.74) is 0.191.